The molecule has 1 aliphatic carbocycles. The summed E-state index contributed by atoms with van der Waals surface area (Å²) in [5, 5.41) is 8.62. The minimum absolute atomic E-state index is 0.305. The molecule has 0 radical (unpaired) electrons. The van der Waals surface area contributed by atoms with E-state index in [0.29, 0.717) is 6.42 Å². The lowest BCUT2D eigenvalue weighted by Crippen LogP contribution is -2.43. The summed E-state index contributed by atoms with van der Waals surface area (Å²) in [5.74, 6) is 1.05. The Bertz CT molecular complexity index is 205. The molecule has 0 amide bonds. The largest absolute Gasteiger partial charge is 0.481 e. The van der Waals surface area contributed by atoms with Crippen molar-refractivity contribution in [2.45, 2.75) is 32.1 Å². The first-order valence-electron chi connectivity index (χ1n) is 5.68. The van der Waals surface area contributed by atoms with Crippen molar-refractivity contribution >= 4 is 5.97 Å². The Hall–Kier alpha value is -0.570. The molecule has 3 heteroatoms. The highest BCUT2D eigenvalue weighted by atomic mass is 16.4. The van der Waals surface area contributed by atoms with Gasteiger partial charge in [-0.1, -0.05) is 6.42 Å². The van der Waals surface area contributed by atoms with Crippen molar-refractivity contribution in [2.24, 2.45) is 11.8 Å². The molecular weight excluding hydrogens is 178 g/mol. The average Bonchev–Trinajstić information content (AvgIpc) is 2.14. The number of carbonyl (C=O) groups is 1. The van der Waals surface area contributed by atoms with Crippen molar-refractivity contribution in [1.82, 2.24) is 4.90 Å². The summed E-state index contributed by atoms with van der Waals surface area (Å²) in [6, 6.07) is 0. The van der Waals surface area contributed by atoms with Gasteiger partial charge in [0.15, 0.2) is 0 Å². The molecule has 2 fully saturated rings. The van der Waals surface area contributed by atoms with Gasteiger partial charge in [0.2, 0.25) is 0 Å². The molecule has 2 bridgehead atoms. The number of hydrogen-bond donors (Lipinski definition) is 1. The zero-order valence-electron chi connectivity index (χ0n) is 8.61. The average molecular weight is 197 g/mol. The summed E-state index contributed by atoms with van der Waals surface area (Å²) in [6.07, 6.45) is 5.81. The Morgan fingerprint density at radius 2 is 1.93 bits per heavy atom. The van der Waals surface area contributed by atoms with Crippen molar-refractivity contribution < 1.29 is 9.90 Å². The lowest BCUT2D eigenvalue weighted by molar-refractivity contribution is -0.137. The van der Waals surface area contributed by atoms with Crippen LogP contribution in [0.25, 0.3) is 0 Å². The lowest BCUT2D eigenvalue weighted by Gasteiger charge is -2.41. The highest BCUT2D eigenvalue weighted by Gasteiger charge is 2.30. The number of fused-ring (bicyclic) bond motifs is 2. The summed E-state index contributed by atoms with van der Waals surface area (Å²) in [6.45, 7) is 3.04. The van der Waals surface area contributed by atoms with Gasteiger partial charge in [0.05, 0.1) is 6.42 Å². The number of piperidine rings is 1. The number of aliphatic carboxylic acids is 1. The molecule has 1 aliphatic heterocycles. The Morgan fingerprint density at radius 3 is 2.50 bits per heavy atom. The number of likely N-dealkylation sites (tertiary alicyclic amines) is 1. The van der Waals surface area contributed by atoms with E-state index in [2.05, 4.69) is 4.90 Å². The van der Waals surface area contributed by atoms with Gasteiger partial charge < -0.3 is 10.0 Å². The van der Waals surface area contributed by atoms with Crippen LogP contribution in [0.2, 0.25) is 0 Å². The molecule has 0 aromatic rings. The maximum atomic E-state index is 10.5. The van der Waals surface area contributed by atoms with Crippen molar-refractivity contribution in [3.05, 3.63) is 0 Å². The van der Waals surface area contributed by atoms with Crippen molar-refractivity contribution in [3.8, 4) is 0 Å². The van der Waals surface area contributed by atoms with E-state index in [1.807, 2.05) is 0 Å². The van der Waals surface area contributed by atoms with E-state index in [1.54, 1.807) is 0 Å². The molecule has 0 aromatic heterocycles. The zero-order chi connectivity index (χ0) is 9.97. The van der Waals surface area contributed by atoms with E-state index in [4.69, 9.17) is 5.11 Å². The molecule has 1 saturated heterocycles. The quantitative estimate of drug-likeness (QED) is 0.746. The molecule has 14 heavy (non-hydrogen) atoms. The van der Waals surface area contributed by atoms with Crippen LogP contribution in [0.1, 0.15) is 32.1 Å². The first-order chi connectivity index (χ1) is 6.74. The van der Waals surface area contributed by atoms with Gasteiger partial charge in [-0.2, -0.15) is 0 Å². The van der Waals surface area contributed by atoms with Gasteiger partial charge in [0, 0.05) is 19.6 Å². The molecule has 1 N–H and O–H groups in total. The third-order valence-corrected chi connectivity index (χ3v) is 3.57. The second kappa shape index (κ2) is 4.30. The molecule has 2 unspecified atom stereocenters. The van der Waals surface area contributed by atoms with Crippen LogP contribution in [0.4, 0.5) is 0 Å². The van der Waals surface area contributed by atoms with Gasteiger partial charge in [0.1, 0.15) is 0 Å². The Morgan fingerprint density at radius 1 is 1.29 bits per heavy atom. The fourth-order valence-corrected chi connectivity index (χ4v) is 2.98. The van der Waals surface area contributed by atoms with Crippen molar-refractivity contribution in [2.75, 3.05) is 19.6 Å². The second-order valence-corrected chi connectivity index (χ2v) is 4.80. The van der Waals surface area contributed by atoms with E-state index in [0.717, 1.165) is 31.5 Å². The Labute approximate surface area is 85.1 Å². The summed E-state index contributed by atoms with van der Waals surface area (Å²) < 4.78 is 0. The van der Waals surface area contributed by atoms with E-state index < -0.39 is 5.97 Å². The van der Waals surface area contributed by atoms with E-state index in [1.165, 1.54) is 25.7 Å². The SMILES string of the molecule is O=C(O)CCN1CC2CCCC(C2)C1. The van der Waals surface area contributed by atoms with Gasteiger partial charge in [-0.05, 0) is 31.1 Å². The minimum atomic E-state index is -0.666. The van der Waals surface area contributed by atoms with Crippen LogP contribution >= 0.6 is 0 Å². The fourth-order valence-electron chi connectivity index (χ4n) is 2.98. The number of carboxylic acid groups (broad SMARTS) is 1. The van der Waals surface area contributed by atoms with Crippen molar-refractivity contribution in [3.63, 3.8) is 0 Å². The summed E-state index contributed by atoms with van der Waals surface area (Å²) in [5.41, 5.74) is 0. The van der Waals surface area contributed by atoms with Crippen LogP contribution < -0.4 is 0 Å². The summed E-state index contributed by atoms with van der Waals surface area (Å²) in [7, 11) is 0. The molecule has 1 heterocycles. The molecular formula is C11H19NO2. The van der Waals surface area contributed by atoms with Crippen LogP contribution in [0.15, 0.2) is 0 Å². The van der Waals surface area contributed by atoms with Crippen LogP contribution in [0.3, 0.4) is 0 Å². The predicted octanol–water partition coefficient (Wildman–Crippen LogP) is 1.58. The number of rotatable bonds is 3. The van der Waals surface area contributed by atoms with Crippen LogP contribution in [-0.4, -0.2) is 35.6 Å². The first-order valence-corrected chi connectivity index (χ1v) is 5.68. The van der Waals surface area contributed by atoms with Gasteiger partial charge in [-0.3, -0.25) is 4.79 Å². The normalized spacial score (nSPS) is 32.9. The maximum Gasteiger partial charge on any atom is 0.304 e. The van der Waals surface area contributed by atoms with Crippen LogP contribution in [-0.2, 0) is 4.79 Å². The first kappa shape index (κ1) is 9.97. The standard InChI is InChI=1S/C11H19NO2/c13-11(14)4-5-12-7-9-2-1-3-10(6-9)8-12/h9-10H,1-8H2,(H,13,14). The van der Waals surface area contributed by atoms with E-state index in [-0.39, 0.29) is 0 Å². The fraction of sp³-hybridized carbons (Fsp3) is 0.909. The molecule has 1 saturated carbocycles. The van der Waals surface area contributed by atoms with Gasteiger partial charge in [-0.25, -0.2) is 0 Å². The topological polar surface area (TPSA) is 40.5 Å². The molecule has 0 aromatic carbocycles. The molecule has 2 aliphatic rings. The number of carboxylic acids is 1. The van der Waals surface area contributed by atoms with Gasteiger partial charge >= 0.3 is 5.97 Å². The maximum absolute atomic E-state index is 10.5. The smallest absolute Gasteiger partial charge is 0.304 e. The summed E-state index contributed by atoms with van der Waals surface area (Å²) in [4.78, 5) is 12.8. The monoisotopic (exact) mass is 197 g/mol. The number of nitrogens with zero attached hydrogens (tertiary/aromatic N) is 1. The highest BCUT2D eigenvalue weighted by Crippen LogP contribution is 2.34. The van der Waals surface area contributed by atoms with Crippen LogP contribution in [0.5, 0.6) is 0 Å². The third kappa shape index (κ3) is 2.47. The molecule has 0 spiro atoms. The van der Waals surface area contributed by atoms with Crippen LogP contribution in [0, 0.1) is 11.8 Å². The van der Waals surface area contributed by atoms with E-state index >= 15 is 0 Å². The van der Waals surface area contributed by atoms with Crippen molar-refractivity contribution in [1.29, 1.82) is 0 Å². The number of hydrogen-bond acceptors (Lipinski definition) is 2. The molecule has 3 nitrogen and oxygen atoms in total. The molecule has 80 valence electrons. The second-order valence-electron chi connectivity index (χ2n) is 4.80. The highest BCUT2D eigenvalue weighted by molar-refractivity contribution is 5.66. The minimum Gasteiger partial charge on any atom is -0.481 e. The summed E-state index contributed by atoms with van der Waals surface area (Å²) >= 11 is 0. The predicted molar refractivity (Wildman–Crippen MR) is 54.1 cm³/mol. The lowest BCUT2D eigenvalue weighted by atomic mass is 9.78. The van der Waals surface area contributed by atoms with Gasteiger partial charge in [0.25, 0.3) is 0 Å². The molecule has 2 atom stereocenters. The Balaban J connectivity index is 1.80. The third-order valence-electron chi connectivity index (χ3n) is 3.57. The van der Waals surface area contributed by atoms with E-state index in [9.17, 15) is 4.79 Å². The Kier molecular flexibility index (Phi) is 3.06. The zero-order valence-corrected chi connectivity index (χ0v) is 8.61. The van der Waals surface area contributed by atoms with Gasteiger partial charge in [-0.15, -0.1) is 0 Å². The molecule has 2 rings (SSSR count).